The van der Waals surface area contributed by atoms with Gasteiger partial charge >= 0.3 is 18.4 Å². The quantitative estimate of drug-likeness (QED) is 0.586. The molecule has 3 N–H and O–H groups in total. The normalized spacial score (nSPS) is 13.1. The smallest absolute Gasteiger partial charge is 0.379 e. The number of nitrogens with one attached hydrogen (secondary N) is 2. The SMILES string of the molecule is Cc1cc(C(O)C(F)(F)F)cc(Cl)c1NC(=O)NCc1ccc(C(F)(F)F)nc1. The number of anilines is 1. The molecule has 0 aliphatic rings. The largest absolute Gasteiger partial charge is 0.433 e. The summed E-state index contributed by atoms with van der Waals surface area (Å²) >= 11 is 5.91. The predicted molar refractivity (Wildman–Crippen MR) is 92.3 cm³/mol. The number of alkyl halides is 6. The van der Waals surface area contributed by atoms with Crippen molar-refractivity contribution in [3.8, 4) is 0 Å². The maximum absolute atomic E-state index is 12.6. The van der Waals surface area contributed by atoms with Crippen molar-refractivity contribution in [2.45, 2.75) is 31.9 Å². The average Bonchev–Trinajstić information content (AvgIpc) is 2.61. The number of carbonyl (C=O) groups excluding carboxylic acids is 1. The first kappa shape index (κ1) is 22.8. The minimum absolute atomic E-state index is 0.0211. The summed E-state index contributed by atoms with van der Waals surface area (Å²) in [5, 5.41) is 13.8. The fraction of sp³-hybridized carbons (Fsp3) is 0.294. The van der Waals surface area contributed by atoms with Gasteiger partial charge in [-0.15, -0.1) is 0 Å². The van der Waals surface area contributed by atoms with Crippen molar-refractivity contribution >= 4 is 23.3 Å². The van der Waals surface area contributed by atoms with Crippen molar-refractivity contribution in [3.05, 3.63) is 57.9 Å². The molecule has 1 unspecified atom stereocenters. The van der Waals surface area contributed by atoms with E-state index in [1.807, 2.05) is 0 Å². The highest BCUT2D eigenvalue weighted by molar-refractivity contribution is 6.34. The van der Waals surface area contributed by atoms with Gasteiger partial charge < -0.3 is 15.7 Å². The molecule has 0 fully saturated rings. The van der Waals surface area contributed by atoms with Gasteiger partial charge in [-0.3, -0.25) is 4.98 Å². The summed E-state index contributed by atoms with van der Waals surface area (Å²) in [5.74, 6) is 0. The van der Waals surface area contributed by atoms with Gasteiger partial charge in [0.05, 0.1) is 10.7 Å². The van der Waals surface area contributed by atoms with Crippen LogP contribution in [-0.2, 0) is 12.7 Å². The van der Waals surface area contributed by atoms with Crippen molar-refractivity contribution in [1.29, 1.82) is 0 Å². The average molecular weight is 442 g/mol. The third kappa shape index (κ3) is 5.97. The number of pyridine rings is 1. The second-order valence-electron chi connectivity index (χ2n) is 6.00. The molecule has 0 radical (unpaired) electrons. The number of hydrogen-bond donors (Lipinski definition) is 3. The van der Waals surface area contributed by atoms with Gasteiger partial charge in [-0.1, -0.05) is 23.7 Å². The Bertz CT molecular complexity index is 861. The minimum atomic E-state index is -4.88. The summed E-state index contributed by atoms with van der Waals surface area (Å²) in [4.78, 5) is 15.2. The highest BCUT2D eigenvalue weighted by atomic mass is 35.5. The number of carbonyl (C=O) groups is 1. The van der Waals surface area contributed by atoms with Gasteiger partial charge in [0.15, 0.2) is 6.10 Å². The van der Waals surface area contributed by atoms with Crippen LogP contribution in [0.5, 0.6) is 0 Å². The molecule has 2 aromatic rings. The monoisotopic (exact) mass is 441 g/mol. The van der Waals surface area contributed by atoms with Crippen molar-refractivity contribution in [2.24, 2.45) is 0 Å². The van der Waals surface area contributed by atoms with Crippen molar-refractivity contribution < 1.29 is 36.2 Å². The van der Waals surface area contributed by atoms with Crippen LogP contribution in [-0.4, -0.2) is 22.3 Å². The van der Waals surface area contributed by atoms with E-state index >= 15 is 0 Å². The van der Waals surface area contributed by atoms with Crippen molar-refractivity contribution in [3.63, 3.8) is 0 Å². The molecule has 158 valence electrons. The second kappa shape index (κ2) is 8.46. The van der Waals surface area contributed by atoms with Crippen LogP contribution in [0.15, 0.2) is 30.5 Å². The third-order valence-electron chi connectivity index (χ3n) is 3.74. The number of urea groups is 1. The van der Waals surface area contributed by atoms with E-state index in [1.165, 1.54) is 6.92 Å². The highest BCUT2D eigenvalue weighted by Gasteiger charge is 2.39. The summed E-state index contributed by atoms with van der Waals surface area (Å²) in [6.45, 7) is 1.23. The molecule has 1 aromatic carbocycles. The van der Waals surface area contributed by atoms with E-state index in [1.54, 1.807) is 0 Å². The molecular formula is C17H14ClF6N3O2. The van der Waals surface area contributed by atoms with Gasteiger partial charge in [-0.05, 0) is 35.7 Å². The van der Waals surface area contributed by atoms with E-state index < -0.39 is 35.7 Å². The fourth-order valence-corrected chi connectivity index (χ4v) is 2.63. The lowest BCUT2D eigenvalue weighted by molar-refractivity contribution is -0.206. The van der Waals surface area contributed by atoms with Gasteiger partial charge in [-0.25, -0.2) is 4.79 Å². The summed E-state index contributed by atoms with van der Waals surface area (Å²) in [6.07, 6.45) is -11.2. The van der Waals surface area contributed by atoms with E-state index in [0.29, 0.717) is 5.56 Å². The standard InChI is InChI=1S/C17H14ClF6N3O2/c1-8-4-10(14(28)17(22,23)24)5-11(18)13(8)27-15(29)26-7-9-2-3-12(25-6-9)16(19,20)21/h2-6,14,28H,7H2,1H3,(H2,26,27,29). The third-order valence-corrected chi connectivity index (χ3v) is 4.04. The van der Waals surface area contributed by atoms with Gasteiger partial charge in [0.1, 0.15) is 5.69 Å². The van der Waals surface area contributed by atoms with Crippen LogP contribution in [0.2, 0.25) is 5.02 Å². The second-order valence-corrected chi connectivity index (χ2v) is 6.40. The first-order valence-corrected chi connectivity index (χ1v) is 8.28. The van der Waals surface area contributed by atoms with E-state index in [4.69, 9.17) is 11.6 Å². The van der Waals surface area contributed by atoms with Crippen LogP contribution >= 0.6 is 11.6 Å². The Balaban J connectivity index is 2.04. The molecule has 0 saturated heterocycles. The first-order chi connectivity index (χ1) is 13.3. The molecule has 29 heavy (non-hydrogen) atoms. The summed E-state index contributed by atoms with van der Waals surface area (Å²) in [7, 11) is 0. The van der Waals surface area contributed by atoms with Gasteiger partial charge in [0, 0.05) is 12.7 Å². The topological polar surface area (TPSA) is 74.2 Å². The maximum Gasteiger partial charge on any atom is 0.433 e. The van der Waals surface area contributed by atoms with E-state index in [0.717, 1.165) is 30.5 Å². The molecule has 1 aromatic heterocycles. The number of nitrogens with zero attached hydrogens (tertiary/aromatic N) is 1. The Morgan fingerprint density at radius 3 is 2.34 bits per heavy atom. The van der Waals surface area contributed by atoms with Crippen LogP contribution < -0.4 is 10.6 Å². The lowest BCUT2D eigenvalue weighted by Gasteiger charge is -2.18. The summed E-state index contributed by atoms with van der Waals surface area (Å²) in [6, 6.07) is 3.02. The van der Waals surface area contributed by atoms with Crippen LogP contribution in [0.25, 0.3) is 0 Å². The lowest BCUT2D eigenvalue weighted by atomic mass is 10.0. The Morgan fingerprint density at radius 1 is 1.21 bits per heavy atom. The Hall–Kier alpha value is -2.53. The minimum Gasteiger partial charge on any atom is -0.379 e. The number of rotatable bonds is 4. The number of aryl methyl sites for hydroxylation is 1. The molecule has 2 amide bonds. The predicted octanol–water partition coefficient (Wildman–Crippen LogP) is 4.98. The molecule has 2 rings (SSSR count). The Kier molecular flexibility index (Phi) is 6.63. The molecule has 12 heteroatoms. The van der Waals surface area contributed by atoms with Gasteiger partial charge in [0.25, 0.3) is 0 Å². The lowest BCUT2D eigenvalue weighted by Crippen LogP contribution is -2.29. The molecule has 5 nitrogen and oxygen atoms in total. The number of aliphatic hydroxyl groups is 1. The van der Waals surface area contributed by atoms with Crippen LogP contribution in [0.1, 0.15) is 28.5 Å². The molecule has 0 spiro atoms. The number of amides is 2. The number of benzene rings is 1. The van der Waals surface area contributed by atoms with Crippen molar-refractivity contribution in [2.75, 3.05) is 5.32 Å². The highest BCUT2D eigenvalue weighted by Crippen LogP contribution is 2.36. The van der Waals surface area contributed by atoms with Crippen molar-refractivity contribution in [1.82, 2.24) is 10.3 Å². The number of aromatic nitrogens is 1. The van der Waals surface area contributed by atoms with Crippen LogP contribution in [0, 0.1) is 6.92 Å². The molecule has 1 atom stereocenters. The summed E-state index contributed by atoms with van der Waals surface area (Å²) < 4.78 is 75.2. The molecule has 0 aliphatic carbocycles. The number of halogens is 7. The van der Waals surface area contributed by atoms with E-state index in [9.17, 15) is 36.2 Å². The van der Waals surface area contributed by atoms with Crippen LogP contribution in [0.3, 0.4) is 0 Å². The number of hydrogen-bond acceptors (Lipinski definition) is 3. The fourth-order valence-electron chi connectivity index (χ4n) is 2.31. The molecule has 0 bridgehead atoms. The first-order valence-electron chi connectivity index (χ1n) is 7.91. The maximum atomic E-state index is 12.6. The molecule has 1 heterocycles. The zero-order valence-electron chi connectivity index (χ0n) is 14.6. The van der Waals surface area contributed by atoms with Crippen LogP contribution in [0.4, 0.5) is 36.8 Å². The molecular weight excluding hydrogens is 428 g/mol. The Morgan fingerprint density at radius 2 is 1.86 bits per heavy atom. The Labute approximate surface area is 165 Å². The zero-order chi connectivity index (χ0) is 22.0. The van der Waals surface area contributed by atoms with E-state index in [2.05, 4.69) is 15.6 Å². The zero-order valence-corrected chi connectivity index (χ0v) is 15.4. The van der Waals surface area contributed by atoms with Gasteiger partial charge in [0.2, 0.25) is 0 Å². The molecule has 0 aliphatic heterocycles. The number of aliphatic hydroxyl groups excluding tert-OH is 1. The summed E-state index contributed by atoms with van der Waals surface area (Å²) in [5.41, 5.74) is -1.08. The van der Waals surface area contributed by atoms with E-state index in [-0.39, 0.29) is 22.8 Å². The molecule has 0 saturated carbocycles. The van der Waals surface area contributed by atoms with Gasteiger partial charge in [-0.2, -0.15) is 26.3 Å².